The van der Waals surface area contributed by atoms with Crippen LogP contribution in [-0.4, -0.2) is 33.5 Å². The van der Waals surface area contributed by atoms with Gasteiger partial charge in [-0.2, -0.15) is 0 Å². The molecule has 1 aliphatic rings. The van der Waals surface area contributed by atoms with Crippen LogP contribution in [0.25, 0.3) is 0 Å². The van der Waals surface area contributed by atoms with E-state index in [1.165, 1.54) is 23.5 Å². The summed E-state index contributed by atoms with van der Waals surface area (Å²) in [5.41, 5.74) is 1.95. The van der Waals surface area contributed by atoms with Gasteiger partial charge in [-0.05, 0) is 23.3 Å². The third kappa shape index (κ3) is 4.83. The van der Waals surface area contributed by atoms with Crippen LogP contribution in [-0.2, 0) is 22.6 Å². The number of carbonyl (C=O) groups is 2. The van der Waals surface area contributed by atoms with E-state index in [0.717, 1.165) is 16.1 Å². The van der Waals surface area contributed by atoms with Gasteiger partial charge in [0.15, 0.2) is 0 Å². The minimum absolute atomic E-state index is 0.0866. The lowest BCUT2D eigenvalue weighted by atomic mass is 10.1. The van der Waals surface area contributed by atoms with E-state index in [4.69, 9.17) is 0 Å². The fraction of sp³-hybridized carbons (Fsp3) is 0.238. The molecule has 0 bridgehead atoms. The van der Waals surface area contributed by atoms with Crippen LogP contribution in [0.2, 0.25) is 0 Å². The zero-order valence-corrected chi connectivity index (χ0v) is 16.4. The summed E-state index contributed by atoms with van der Waals surface area (Å²) in [5, 5.41) is 12.2. The molecule has 0 radical (unpaired) electrons. The predicted molar refractivity (Wildman–Crippen MR) is 108 cm³/mol. The minimum atomic E-state index is -0.440. The van der Waals surface area contributed by atoms with Gasteiger partial charge in [0, 0.05) is 25.9 Å². The number of amides is 2. The Labute approximate surface area is 171 Å². The molecular weight excluding hydrogens is 391 g/mol. The number of rotatable bonds is 6. The fourth-order valence-electron chi connectivity index (χ4n) is 3.26. The number of hydrogen-bond acceptors (Lipinski definition) is 5. The van der Waals surface area contributed by atoms with Gasteiger partial charge in [0.1, 0.15) is 10.8 Å². The second kappa shape index (κ2) is 8.48. The number of hydrogen-bond donors (Lipinski definition) is 1. The summed E-state index contributed by atoms with van der Waals surface area (Å²) in [6.45, 7) is 0.695. The molecule has 0 unspecified atom stereocenters. The van der Waals surface area contributed by atoms with Crippen LogP contribution in [0.5, 0.6) is 0 Å². The van der Waals surface area contributed by atoms with Crippen molar-refractivity contribution in [3.63, 3.8) is 0 Å². The number of aromatic nitrogens is 2. The molecule has 1 fully saturated rings. The molecule has 0 saturated carbocycles. The van der Waals surface area contributed by atoms with E-state index in [0.29, 0.717) is 24.6 Å². The minimum Gasteiger partial charge on any atom is -0.338 e. The number of likely N-dealkylation sites (tertiary alicyclic amines) is 1. The zero-order chi connectivity index (χ0) is 20.2. The lowest BCUT2D eigenvalue weighted by Crippen LogP contribution is -2.28. The van der Waals surface area contributed by atoms with Gasteiger partial charge in [0.25, 0.3) is 0 Å². The van der Waals surface area contributed by atoms with Crippen molar-refractivity contribution in [2.24, 2.45) is 5.92 Å². The molecule has 0 aliphatic carbocycles. The van der Waals surface area contributed by atoms with Gasteiger partial charge in [-0.25, -0.2) is 4.39 Å². The maximum atomic E-state index is 13.0. The first kappa shape index (κ1) is 19.2. The zero-order valence-electron chi connectivity index (χ0n) is 15.5. The Morgan fingerprint density at radius 1 is 1.10 bits per heavy atom. The van der Waals surface area contributed by atoms with Crippen LogP contribution >= 0.6 is 11.3 Å². The molecule has 2 amide bonds. The van der Waals surface area contributed by atoms with Crippen LogP contribution in [0, 0.1) is 11.7 Å². The van der Waals surface area contributed by atoms with E-state index in [2.05, 4.69) is 15.5 Å². The molecule has 1 atom stereocenters. The predicted octanol–water partition coefficient (Wildman–Crippen LogP) is 3.26. The molecule has 2 aromatic carbocycles. The highest BCUT2D eigenvalue weighted by atomic mass is 32.1. The molecule has 4 rings (SSSR count). The molecule has 148 valence electrons. The monoisotopic (exact) mass is 410 g/mol. The van der Waals surface area contributed by atoms with E-state index in [1.54, 1.807) is 17.0 Å². The maximum absolute atomic E-state index is 13.0. The highest BCUT2D eigenvalue weighted by Crippen LogP contribution is 2.24. The number of anilines is 1. The van der Waals surface area contributed by atoms with Crippen molar-refractivity contribution in [1.29, 1.82) is 0 Å². The summed E-state index contributed by atoms with van der Waals surface area (Å²) in [4.78, 5) is 26.5. The first-order valence-corrected chi connectivity index (χ1v) is 10.1. The van der Waals surface area contributed by atoms with E-state index in [-0.39, 0.29) is 24.1 Å². The largest absolute Gasteiger partial charge is 0.338 e. The Balaban J connectivity index is 1.33. The van der Waals surface area contributed by atoms with Crippen LogP contribution in [0.1, 0.15) is 22.6 Å². The third-order valence-electron chi connectivity index (χ3n) is 4.77. The molecule has 2 heterocycles. The number of carbonyl (C=O) groups excluding carboxylic acids is 2. The molecule has 1 N–H and O–H groups in total. The first-order valence-electron chi connectivity index (χ1n) is 9.26. The quantitative estimate of drug-likeness (QED) is 0.677. The van der Waals surface area contributed by atoms with Gasteiger partial charge in [-0.1, -0.05) is 53.8 Å². The molecule has 6 nitrogen and oxygen atoms in total. The van der Waals surface area contributed by atoms with Gasteiger partial charge < -0.3 is 10.2 Å². The van der Waals surface area contributed by atoms with E-state index < -0.39 is 5.92 Å². The molecule has 0 spiro atoms. The summed E-state index contributed by atoms with van der Waals surface area (Å²) in [5.74, 6) is -1.08. The lowest BCUT2D eigenvalue weighted by molar-refractivity contribution is -0.128. The molecule has 1 aromatic heterocycles. The highest BCUT2D eigenvalue weighted by molar-refractivity contribution is 7.15. The normalized spacial score (nSPS) is 16.2. The molecule has 8 heteroatoms. The summed E-state index contributed by atoms with van der Waals surface area (Å²) in [6.07, 6.45) is 0.810. The SMILES string of the molecule is O=C(Nc1nnc(Cc2ccccc2)s1)[C@H]1CC(=O)N(Cc2ccc(F)cc2)C1. The van der Waals surface area contributed by atoms with Gasteiger partial charge in [0.05, 0.1) is 5.92 Å². The Hall–Kier alpha value is -3.13. The number of nitrogens with one attached hydrogen (secondary N) is 1. The lowest BCUT2D eigenvalue weighted by Gasteiger charge is -2.16. The van der Waals surface area contributed by atoms with Crippen molar-refractivity contribution in [2.45, 2.75) is 19.4 Å². The Morgan fingerprint density at radius 3 is 2.62 bits per heavy atom. The third-order valence-corrected chi connectivity index (χ3v) is 5.61. The fourth-order valence-corrected chi connectivity index (χ4v) is 4.04. The maximum Gasteiger partial charge on any atom is 0.231 e. The molecule has 1 saturated heterocycles. The molecule has 1 aliphatic heterocycles. The summed E-state index contributed by atoms with van der Waals surface area (Å²) in [7, 11) is 0. The summed E-state index contributed by atoms with van der Waals surface area (Å²) >= 11 is 1.33. The number of halogens is 1. The Bertz CT molecular complexity index is 1010. The van der Waals surface area contributed by atoms with Gasteiger partial charge >= 0.3 is 0 Å². The topological polar surface area (TPSA) is 75.2 Å². The van der Waals surface area contributed by atoms with Crippen molar-refractivity contribution in [1.82, 2.24) is 15.1 Å². The van der Waals surface area contributed by atoms with Gasteiger partial charge in [-0.15, -0.1) is 10.2 Å². The Kier molecular flexibility index (Phi) is 5.62. The standard InChI is InChI=1S/C21H19FN4O2S/c22-17-8-6-15(7-9-17)12-26-13-16(11-19(26)27)20(28)23-21-25-24-18(29-21)10-14-4-2-1-3-5-14/h1-9,16H,10-13H2,(H,23,25,28)/t16-/m0/s1. The van der Waals surface area contributed by atoms with Crippen molar-refractivity contribution < 1.29 is 14.0 Å². The average molecular weight is 410 g/mol. The molecule has 3 aromatic rings. The van der Waals surface area contributed by atoms with Crippen LogP contribution in [0.3, 0.4) is 0 Å². The van der Waals surface area contributed by atoms with E-state index in [1.807, 2.05) is 30.3 Å². The van der Waals surface area contributed by atoms with Gasteiger partial charge in [0.2, 0.25) is 16.9 Å². The smallest absolute Gasteiger partial charge is 0.231 e. The number of nitrogens with zero attached hydrogens (tertiary/aromatic N) is 3. The summed E-state index contributed by atoms with van der Waals surface area (Å²) in [6, 6.07) is 15.9. The van der Waals surface area contributed by atoms with Gasteiger partial charge in [-0.3, -0.25) is 9.59 Å². The number of benzene rings is 2. The summed E-state index contributed by atoms with van der Waals surface area (Å²) < 4.78 is 13.0. The van der Waals surface area contributed by atoms with E-state index >= 15 is 0 Å². The van der Waals surface area contributed by atoms with Crippen LogP contribution < -0.4 is 5.32 Å². The first-order chi connectivity index (χ1) is 14.1. The average Bonchev–Trinajstić information content (AvgIpc) is 3.31. The molecular formula is C21H19FN4O2S. The van der Waals surface area contributed by atoms with Crippen molar-refractivity contribution in [3.05, 3.63) is 76.5 Å². The van der Waals surface area contributed by atoms with Crippen LogP contribution in [0.15, 0.2) is 54.6 Å². The van der Waals surface area contributed by atoms with Crippen molar-refractivity contribution >= 4 is 28.3 Å². The van der Waals surface area contributed by atoms with E-state index in [9.17, 15) is 14.0 Å². The highest BCUT2D eigenvalue weighted by Gasteiger charge is 2.34. The second-order valence-electron chi connectivity index (χ2n) is 6.95. The van der Waals surface area contributed by atoms with Crippen molar-refractivity contribution in [2.75, 3.05) is 11.9 Å². The second-order valence-corrected chi connectivity index (χ2v) is 8.02. The Morgan fingerprint density at radius 2 is 1.86 bits per heavy atom. The van der Waals surface area contributed by atoms with Crippen LogP contribution in [0.4, 0.5) is 9.52 Å². The van der Waals surface area contributed by atoms with Crippen molar-refractivity contribution in [3.8, 4) is 0 Å². The molecule has 29 heavy (non-hydrogen) atoms.